The second kappa shape index (κ2) is 7.56. The van der Waals surface area contributed by atoms with Gasteiger partial charge in [0.1, 0.15) is 5.82 Å². The van der Waals surface area contributed by atoms with Crippen LogP contribution in [0.4, 0.5) is 10.1 Å². The minimum atomic E-state index is -3.68. The molecular weight excluding hydrogens is 325 g/mol. The van der Waals surface area contributed by atoms with Gasteiger partial charge in [-0.05, 0) is 18.6 Å². The molecule has 0 bridgehead atoms. The van der Waals surface area contributed by atoms with Gasteiger partial charge in [0.05, 0.1) is 23.3 Å². The standard InChI is InChI=1S/C12H15ClFNO5S/c1-2-3-9(8-21(13,18)19)7-20-12-5-4-10(14)6-11(12)15(16)17/h4-6,9H,2-3,7-8H2,1H3. The molecule has 0 N–H and O–H groups in total. The average Bonchev–Trinajstić information content (AvgIpc) is 2.35. The van der Waals surface area contributed by atoms with E-state index in [1.54, 1.807) is 0 Å². The molecule has 0 fully saturated rings. The molecule has 0 aliphatic heterocycles. The molecule has 0 aromatic heterocycles. The molecule has 21 heavy (non-hydrogen) atoms. The van der Waals surface area contributed by atoms with Gasteiger partial charge in [0.2, 0.25) is 9.05 Å². The number of halogens is 2. The van der Waals surface area contributed by atoms with E-state index in [1.807, 2.05) is 6.92 Å². The number of rotatable bonds is 8. The quantitative estimate of drug-likeness (QED) is 0.412. The average molecular weight is 340 g/mol. The van der Waals surface area contributed by atoms with Gasteiger partial charge in [-0.2, -0.15) is 0 Å². The SMILES string of the molecule is CCCC(COc1ccc(F)cc1[N+](=O)[O-])CS(=O)(=O)Cl. The van der Waals surface area contributed by atoms with Crippen LogP contribution in [0.1, 0.15) is 19.8 Å². The largest absolute Gasteiger partial charge is 0.486 e. The summed E-state index contributed by atoms with van der Waals surface area (Å²) >= 11 is 0. The second-order valence-corrected chi connectivity index (χ2v) is 7.36. The number of hydrogen-bond donors (Lipinski definition) is 0. The van der Waals surface area contributed by atoms with E-state index in [0.29, 0.717) is 12.8 Å². The van der Waals surface area contributed by atoms with E-state index in [1.165, 1.54) is 0 Å². The predicted molar refractivity (Wildman–Crippen MR) is 76.6 cm³/mol. The van der Waals surface area contributed by atoms with Crippen molar-refractivity contribution in [2.45, 2.75) is 19.8 Å². The fourth-order valence-electron chi connectivity index (χ4n) is 1.87. The lowest BCUT2D eigenvalue weighted by molar-refractivity contribution is -0.386. The molecule has 0 aliphatic carbocycles. The van der Waals surface area contributed by atoms with Gasteiger partial charge in [0, 0.05) is 16.6 Å². The van der Waals surface area contributed by atoms with Crippen molar-refractivity contribution >= 4 is 25.4 Å². The Hall–Kier alpha value is -1.41. The molecule has 0 saturated heterocycles. The number of nitrogens with zero attached hydrogens (tertiary/aromatic N) is 1. The first-order valence-corrected chi connectivity index (χ1v) is 8.70. The summed E-state index contributed by atoms with van der Waals surface area (Å²) in [6.07, 6.45) is 1.26. The first-order chi connectivity index (χ1) is 9.73. The molecule has 1 atom stereocenters. The van der Waals surface area contributed by atoms with E-state index in [0.717, 1.165) is 18.2 Å². The zero-order chi connectivity index (χ0) is 16.0. The zero-order valence-corrected chi connectivity index (χ0v) is 12.9. The highest BCUT2D eigenvalue weighted by atomic mass is 35.7. The van der Waals surface area contributed by atoms with Gasteiger partial charge in [-0.1, -0.05) is 13.3 Å². The van der Waals surface area contributed by atoms with Gasteiger partial charge < -0.3 is 4.74 Å². The third-order valence-electron chi connectivity index (χ3n) is 2.72. The number of nitro benzene ring substituents is 1. The lowest BCUT2D eigenvalue weighted by Gasteiger charge is -2.15. The molecular formula is C12H15ClFNO5S. The summed E-state index contributed by atoms with van der Waals surface area (Å²) in [5.74, 6) is -1.52. The molecule has 1 unspecified atom stereocenters. The van der Waals surface area contributed by atoms with Gasteiger partial charge in [-0.15, -0.1) is 0 Å². The maximum absolute atomic E-state index is 13.0. The van der Waals surface area contributed by atoms with Crippen molar-refractivity contribution in [3.63, 3.8) is 0 Å². The molecule has 118 valence electrons. The van der Waals surface area contributed by atoms with Crippen molar-refractivity contribution in [1.82, 2.24) is 0 Å². The van der Waals surface area contributed by atoms with Crippen LogP contribution in [0.3, 0.4) is 0 Å². The zero-order valence-electron chi connectivity index (χ0n) is 11.3. The monoisotopic (exact) mass is 339 g/mol. The molecule has 6 nitrogen and oxygen atoms in total. The summed E-state index contributed by atoms with van der Waals surface area (Å²) in [4.78, 5) is 10.1. The van der Waals surface area contributed by atoms with Crippen molar-refractivity contribution in [2.24, 2.45) is 5.92 Å². The van der Waals surface area contributed by atoms with Gasteiger partial charge >= 0.3 is 5.69 Å². The van der Waals surface area contributed by atoms with Gasteiger partial charge in [-0.3, -0.25) is 10.1 Å². The summed E-state index contributed by atoms with van der Waals surface area (Å²) < 4.78 is 40.5. The highest BCUT2D eigenvalue weighted by Gasteiger charge is 2.21. The van der Waals surface area contributed by atoms with Crippen LogP contribution in [0.15, 0.2) is 18.2 Å². The van der Waals surface area contributed by atoms with E-state index < -0.39 is 25.5 Å². The molecule has 1 aromatic rings. The highest BCUT2D eigenvalue weighted by molar-refractivity contribution is 8.13. The van der Waals surface area contributed by atoms with Crippen molar-refractivity contribution in [1.29, 1.82) is 0 Å². The van der Waals surface area contributed by atoms with Crippen LogP contribution in [0.25, 0.3) is 0 Å². The third kappa shape index (κ3) is 6.26. The third-order valence-corrected chi connectivity index (χ3v) is 3.97. The van der Waals surface area contributed by atoms with Crippen LogP contribution in [-0.4, -0.2) is 25.7 Å². The molecule has 1 rings (SSSR count). The Morgan fingerprint density at radius 1 is 1.48 bits per heavy atom. The summed E-state index contributed by atoms with van der Waals surface area (Å²) in [5, 5.41) is 10.8. The van der Waals surface area contributed by atoms with E-state index in [9.17, 15) is 22.9 Å². The Morgan fingerprint density at radius 3 is 2.67 bits per heavy atom. The van der Waals surface area contributed by atoms with Gasteiger partial charge in [0.15, 0.2) is 5.75 Å². The summed E-state index contributed by atoms with van der Waals surface area (Å²) in [5.41, 5.74) is -0.501. The predicted octanol–water partition coefficient (Wildman–Crippen LogP) is 3.10. The Kier molecular flexibility index (Phi) is 6.35. The maximum atomic E-state index is 13.0. The molecule has 0 saturated carbocycles. The summed E-state index contributed by atoms with van der Waals surface area (Å²) in [6.45, 7) is 1.82. The van der Waals surface area contributed by atoms with E-state index in [4.69, 9.17) is 15.4 Å². The first-order valence-electron chi connectivity index (χ1n) is 6.22. The van der Waals surface area contributed by atoms with Crippen molar-refractivity contribution in [2.75, 3.05) is 12.4 Å². The van der Waals surface area contributed by atoms with Crippen molar-refractivity contribution in [3.8, 4) is 5.75 Å². The Labute approximate surface area is 126 Å². The number of ether oxygens (including phenoxy) is 1. The Morgan fingerprint density at radius 2 is 2.14 bits per heavy atom. The molecule has 0 heterocycles. The van der Waals surface area contributed by atoms with E-state index >= 15 is 0 Å². The van der Waals surface area contributed by atoms with Gasteiger partial charge in [0.25, 0.3) is 0 Å². The molecule has 1 aromatic carbocycles. The van der Waals surface area contributed by atoms with Crippen molar-refractivity contribution in [3.05, 3.63) is 34.1 Å². The molecule has 0 radical (unpaired) electrons. The van der Waals surface area contributed by atoms with E-state index in [2.05, 4.69) is 0 Å². The smallest absolute Gasteiger partial charge is 0.313 e. The number of hydrogen-bond acceptors (Lipinski definition) is 5. The van der Waals surface area contributed by atoms with E-state index in [-0.39, 0.29) is 24.0 Å². The summed E-state index contributed by atoms with van der Waals surface area (Å²) in [6, 6.07) is 2.93. The van der Waals surface area contributed by atoms with Gasteiger partial charge in [-0.25, -0.2) is 12.8 Å². The normalized spacial score (nSPS) is 12.9. The van der Waals surface area contributed by atoms with Crippen molar-refractivity contribution < 1.29 is 22.5 Å². The van der Waals surface area contributed by atoms with Crippen LogP contribution >= 0.6 is 10.7 Å². The van der Waals surface area contributed by atoms with Crippen LogP contribution in [-0.2, 0) is 9.05 Å². The minimum Gasteiger partial charge on any atom is -0.486 e. The van der Waals surface area contributed by atoms with Crippen LogP contribution in [0.2, 0.25) is 0 Å². The minimum absolute atomic E-state index is 0.0493. The molecule has 9 heteroatoms. The lowest BCUT2D eigenvalue weighted by atomic mass is 10.1. The fourth-order valence-corrected chi connectivity index (χ4v) is 3.23. The molecule has 0 amide bonds. The fraction of sp³-hybridized carbons (Fsp3) is 0.500. The lowest BCUT2D eigenvalue weighted by Crippen LogP contribution is -2.20. The Balaban J connectivity index is 2.82. The van der Waals surface area contributed by atoms with Crippen LogP contribution < -0.4 is 4.74 Å². The first kappa shape index (κ1) is 17.6. The van der Waals surface area contributed by atoms with Crippen LogP contribution in [0, 0.1) is 21.8 Å². The maximum Gasteiger partial charge on any atom is 0.313 e. The van der Waals surface area contributed by atoms with Crippen LogP contribution in [0.5, 0.6) is 5.75 Å². The topological polar surface area (TPSA) is 86.5 Å². The summed E-state index contributed by atoms with van der Waals surface area (Å²) in [7, 11) is 1.52. The highest BCUT2D eigenvalue weighted by Crippen LogP contribution is 2.28. The molecule has 0 aliphatic rings. The number of nitro groups is 1. The molecule has 0 spiro atoms. The second-order valence-electron chi connectivity index (χ2n) is 4.54. The Bertz CT molecular complexity index is 608. The number of benzene rings is 1.